The van der Waals surface area contributed by atoms with Gasteiger partial charge in [-0.05, 0) is 28.1 Å². The van der Waals surface area contributed by atoms with Crippen LogP contribution in [-0.4, -0.2) is 31.3 Å². The van der Waals surface area contributed by atoms with Crippen molar-refractivity contribution in [2.75, 3.05) is 7.11 Å². The molecule has 1 aromatic carbocycles. The van der Waals surface area contributed by atoms with Gasteiger partial charge in [-0.15, -0.1) is 0 Å². The highest BCUT2D eigenvalue weighted by atomic mass is 79.9. The van der Waals surface area contributed by atoms with Gasteiger partial charge in [0.2, 0.25) is 0 Å². The van der Waals surface area contributed by atoms with E-state index in [2.05, 4.69) is 31.5 Å². The Balaban J connectivity index is 1.94. The van der Waals surface area contributed by atoms with Gasteiger partial charge >= 0.3 is 11.9 Å². The minimum Gasteiger partial charge on any atom is -0.468 e. The number of hydrogen-bond donors (Lipinski definition) is 2. The fourth-order valence-corrected chi connectivity index (χ4v) is 2.17. The predicted molar refractivity (Wildman–Crippen MR) is 70.0 cm³/mol. The average Bonchev–Trinajstić information content (AvgIpc) is 2.86. The van der Waals surface area contributed by atoms with E-state index in [9.17, 15) is 9.59 Å². The molecular weight excluding hydrogens is 316 g/mol. The van der Waals surface area contributed by atoms with E-state index in [-0.39, 0.29) is 0 Å². The van der Waals surface area contributed by atoms with E-state index in [4.69, 9.17) is 4.74 Å². The second-order valence-corrected chi connectivity index (χ2v) is 4.83. The van der Waals surface area contributed by atoms with Crippen LogP contribution in [0.15, 0.2) is 28.7 Å². The number of carbonyl (C=O) groups excluding carboxylic acids is 2. The van der Waals surface area contributed by atoms with Crippen molar-refractivity contribution in [3.05, 3.63) is 34.3 Å². The molecule has 1 aliphatic rings. The second kappa shape index (κ2) is 6.14. The van der Waals surface area contributed by atoms with Crippen LogP contribution in [0.1, 0.15) is 16.8 Å². The van der Waals surface area contributed by atoms with Gasteiger partial charge < -0.3 is 9.47 Å². The van der Waals surface area contributed by atoms with Crippen LogP contribution >= 0.6 is 15.9 Å². The van der Waals surface area contributed by atoms with Crippen LogP contribution in [0.5, 0.6) is 0 Å². The van der Waals surface area contributed by atoms with Crippen molar-refractivity contribution in [1.29, 1.82) is 0 Å². The molecule has 1 heterocycles. The van der Waals surface area contributed by atoms with Crippen molar-refractivity contribution < 1.29 is 19.1 Å². The van der Waals surface area contributed by atoms with Crippen LogP contribution < -0.4 is 10.9 Å². The van der Waals surface area contributed by atoms with Crippen molar-refractivity contribution in [2.24, 2.45) is 0 Å². The number of hydrazine groups is 1. The summed E-state index contributed by atoms with van der Waals surface area (Å²) >= 11 is 3.28. The number of methoxy groups -OCH3 is 1. The molecule has 6 nitrogen and oxygen atoms in total. The van der Waals surface area contributed by atoms with Gasteiger partial charge in [-0.2, -0.15) is 0 Å². The first-order chi connectivity index (χ1) is 9.11. The van der Waals surface area contributed by atoms with Crippen molar-refractivity contribution in [3.8, 4) is 0 Å². The minimum absolute atomic E-state index is 0.322. The van der Waals surface area contributed by atoms with Crippen molar-refractivity contribution in [2.45, 2.75) is 18.7 Å². The molecular formula is C12H13BrN2O4. The molecule has 7 heteroatoms. The Bertz CT molecular complexity index is 494. The summed E-state index contributed by atoms with van der Waals surface area (Å²) in [5.41, 5.74) is 5.88. The first-order valence-electron chi connectivity index (χ1n) is 5.66. The lowest BCUT2D eigenvalue weighted by molar-refractivity contribution is -0.142. The first-order valence-corrected chi connectivity index (χ1v) is 6.45. The van der Waals surface area contributed by atoms with E-state index >= 15 is 0 Å². The normalized spacial score (nSPS) is 22.0. The zero-order valence-corrected chi connectivity index (χ0v) is 11.8. The summed E-state index contributed by atoms with van der Waals surface area (Å²) in [6, 6.07) is 6.46. The van der Waals surface area contributed by atoms with E-state index in [0.717, 1.165) is 0 Å². The number of halogens is 1. The first kappa shape index (κ1) is 14.0. The molecule has 1 aromatic rings. The largest absolute Gasteiger partial charge is 0.468 e. The van der Waals surface area contributed by atoms with Gasteiger partial charge in [0, 0.05) is 10.9 Å². The standard InChI is InChI=1S/C12H13BrN2O4/c1-18-12(17)9-6-10(15-14-9)19-11(16)7-4-2-3-5-8(7)13/h2-5,9-10,14-15H,6H2,1H3. The van der Waals surface area contributed by atoms with E-state index in [1.807, 2.05) is 6.07 Å². The highest BCUT2D eigenvalue weighted by Crippen LogP contribution is 2.18. The fourth-order valence-electron chi connectivity index (χ4n) is 1.72. The highest BCUT2D eigenvalue weighted by molar-refractivity contribution is 9.10. The molecule has 1 saturated heterocycles. The summed E-state index contributed by atoms with van der Waals surface area (Å²) < 4.78 is 10.5. The highest BCUT2D eigenvalue weighted by Gasteiger charge is 2.32. The summed E-state index contributed by atoms with van der Waals surface area (Å²) in [5.74, 6) is -0.857. The molecule has 2 rings (SSSR count). The van der Waals surface area contributed by atoms with Gasteiger partial charge in [-0.3, -0.25) is 4.79 Å². The van der Waals surface area contributed by atoms with E-state index in [1.54, 1.807) is 18.2 Å². The number of carbonyl (C=O) groups is 2. The Morgan fingerprint density at radius 2 is 2.05 bits per heavy atom. The number of hydrogen-bond acceptors (Lipinski definition) is 6. The lowest BCUT2D eigenvalue weighted by atomic mass is 10.2. The van der Waals surface area contributed by atoms with E-state index < -0.39 is 24.2 Å². The maximum Gasteiger partial charge on any atom is 0.340 e. The van der Waals surface area contributed by atoms with Crippen LogP contribution in [-0.2, 0) is 14.3 Å². The number of ether oxygens (including phenoxy) is 2. The quantitative estimate of drug-likeness (QED) is 0.805. The zero-order valence-electron chi connectivity index (χ0n) is 10.2. The number of nitrogens with one attached hydrogen (secondary N) is 2. The Kier molecular flexibility index (Phi) is 4.52. The summed E-state index contributed by atoms with van der Waals surface area (Å²) in [5, 5.41) is 0. The van der Waals surface area contributed by atoms with E-state index in [0.29, 0.717) is 16.5 Å². The van der Waals surface area contributed by atoms with Crippen LogP contribution in [0, 0.1) is 0 Å². The molecule has 2 atom stereocenters. The molecule has 1 fully saturated rings. The Morgan fingerprint density at radius 3 is 2.74 bits per heavy atom. The topological polar surface area (TPSA) is 76.7 Å². The van der Waals surface area contributed by atoms with Crippen LogP contribution in [0.3, 0.4) is 0 Å². The summed E-state index contributed by atoms with van der Waals surface area (Å²) in [6.45, 7) is 0. The Morgan fingerprint density at radius 1 is 1.32 bits per heavy atom. The molecule has 2 N–H and O–H groups in total. The lowest BCUT2D eigenvalue weighted by Gasteiger charge is -2.11. The number of esters is 2. The Labute approximate surface area is 118 Å². The van der Waals surface area contributed by atoms with Crippen LogP contribution in [0.4, 0.5) is 0 Å². The molecule has 0 saturated carbocycles. The van der Waals surface area contributed by atoms with Crippen LogP contribution in [0.2, 0.25) is 0 Å². The van der Waals surface area contributed by atoms with Gasteiger partial charge in [0.05, 0.1) is 12.7 Å². The third-order valence-electron chi connectivity index (χ3n) is 2.70. The summed E-state index contributed by atoms with van der Waals surface area (Å²) in [4.78, 5) is 23.2. The van der Waals surface area contributed by atoms with Gasteiger partial charge in [0.25, 0.3) is 0 Å². The summed E-state index contributed by atoms with van der Waals surface area (Å²) in [7, 11) is 1.31. The molecule has 102 valence electrons. The third kappa shape index (κ3) is 3.31. The van der Waals surface area contributed by atoms with Gasteiger partial charge in [0.15, 0.2) is 6.23 Å². The Hall–Kier alpha value is -1.44. The monoisotopic (exact) mass is 328 g/mol. The maximum absolute atomic E-state index is 11.9. The minimum atomic E-state index is -0.566. The molecule has 0 aromatic heterocycles. The number of rotatable bonds is 3. The summed E-state index contributed by atoms with van der Waals surface area (Å²) in [6.07, 6.45) is -0.244. The van der Waals surface area contributed by atoms with Gasteiger partial charge in [-0.25, -0.2) is 15.6 Å². The molecule has 1 aliphatic heterocycles. The van der Waals surface area contributed by atoms with Crippen molar-refractivity contribution >= 4 is 27.9 Å². The van der Waals surface area contributed by atoms with Crippen molar-refractivity contribution in [3.63, 3.8) is 0 Å². The van der Waals surface area contributed by atoms with Gasteiger partial charge in [0.1, 0.15) is 6.04 Å². The maximum atomic E-state index is 11.9. The molecule has 0 bridgehead atoms. The third-order valence-corrected chi connectivity index (χ3v) is 3.39. The smallest absolute Gasteiger partial charge is 0.340 e. The molecule has 2 unspecified atom stereocenters. The second-order valence-electron chi connectivity index (χ2n) is 3.97. The fraction of sp³-hybridized carbons (Fsp3) is 0.333. The predicted octanol–water partition coefficient (Wildman–Crippen LogP) is 0.972. The van der Waals surface area contributed by atoms with Crippen LogP contribution in [0.25, 0.3) is 0 Å². The molecule has 0 amide bonds. The molecule has 19 heavy (non-hydrogen) atoms. The average molecular weight is 329 g/mol. The number of benzene rings is 1. The SMILES string of the molecule is COC(=O)C1CC(OC(=O)c2ccccc2Br)NN1. The molecule has 0 spiro atoms. The lowest BCUT2D eigenvalue weighted by Crippen LogP contribution is -2.38. The van der Waals surface area contributed by atoms with Crippen molar-refractivity contribution in [1.82, 2.24) is 10.9 Å². The zero-order chi connectivity index (χ0) is 13.8. The molecule has 0 radical (unpaired) electrons. The van der Waals surface area contributed by atoms with E-state index in [1.165, 1.54) is 7.11 Å². The van der Waals surface area contributed by atoms with Gasteiger partial charge in [-0.1, -0.05) is 12.1 Å². The molecule has 0 aliphatic carbocycles.